The van der Waals surface area contributed by atoms with Gasteiger partial charge in [0.1, 0.15) is 23.9 Å². The van der Waals surface area contributed by atoms with Crippen molar-refractivity contribution in [1.82, 2.24) is 0 Å². The van der Waals surface area contributed by atoms with Crippen molar-refractivity contribution < 1.29 is 23.7 Å². The van der Waals surface area contributed by atoms with E-state index in [0.717, 1.165) is 4.90 Å². The summed E-state index contributed by atoms with van der Waals surface area (Å²) in [5, 5.41) is 0. The first-order chi connectivity index (χ1) is 10.6. The number of carbonyl (C=O) groups excluding carboxylic acids is 1. The third-order valence-corrected chi connectivity index (χ3v) is 3.19. The van der Waals surface area contributed by atoms with Crippen LogP contribution in [0.4, 0.5) is 4.79 Å². The van der Waals surface area contributed by atoms with Gasteiger partial charge in [-0.2, -0.15) is 0 Å². The van der Waals surface area contributed by atoms with Crippen LogP contribution in [0.5, 0.6) is 17.2 Å². The first-order valence-corrected chi connectivity index (χ1v) is 6.92. The topological polar surface area (TPSA) is 54.0 Å². The molecule has 2 rings (SSSR count). The molecule has 6 heteroatoms. The predicted molar refractivity (Wildman–Crippen MR) is 84.1 cm³/mol. The Morgan fingerprint density at radius 2 is 1.73 bits per heavy atom. The lowest BCUT2D eigenvalue weighted by atomic mass is 10.2. The molecule has 0 aliphatic carbocycles. The molecule has 0 heterocycles. The molecule has 0 N–H and O–H groups in total. The van der Waals surface area contributed by atoms with Crippen LogP contribution in [0.3, 0.4) is 0 Å². The quantitative estimate of drug-likeness (QED) is 0.517. The summed E-state index contributed by atoms with van der Waals surface area (Å²) in [4.78, 5) is 12.2. The first-order valence-electron chi connectivity index (χ1n) is 6.47. The number of hydrogen-bond acceptors (Lipinski definition) is 6. The Balaban J connectivity index is 2.19. The van der Waals surface area contributed by atoms with Crippen LogP contribution in [0.15, 0.2) is 47.4 Å². The zero-order valence-electron chi connectivity index (χ0n) is 12.2. The highest BCUT2D eigenvalue weighted by Crippen LogP contribution is 2.30. The molecule has 0 unspecified atom stereocenters. The Kier molecular flexibility index (Phi) is 5.55. The van der Waals surface area contributed by atoms with Gasteiger partial charge >= 0.3 is 6.16 Å². The maximum absolute atomic E-state index is 11.3. The van der Waals surface area contributed by atoms with Crippen LogP contribution in [0.2, 0.25) is 0 Å². The number of rotatable bonds is 5. The highest BCUT2D eigenvalue weighted by Gasteiger charge is 2.14. The Bertz CT molecular complexity index is 639. The van der Waals surface area contributed by atoms with Gasteiger partial charge in [0.05, 0.1) is 19.8 Å². The molecule has 0 atom stereocenters. The molecule has 0 radical (unpaired) electrons. The van der Waals surface area contributed by atoms with Crippen LogP contribution in [0, 0.1) is 0 Å². The van der Waals surface area contributed by atoms with E-state index in [1.54, 1.807) is 30.3 Å². The van der Waals surface area contributed by atoms with Crippen molar-refractivity contribution in [3.05, 3.63) is 48.0 Å². The van der Waals surface area contributed by atoms with Gasteiger partial charge in [-0.05, 0) is 36.4 Å². The second-order valence-electron chi connectivity index (χ2n) is 4.28. The fourth-order valence-electron chi connectivity index (χ4n) is 1.80. The molecular formula is C16H16O5S. The summed E-state index contributed by atoms with van der Waals surface area (Å²) in [5.41, 5.74) is 0.616. The number of carbonyl (C=O) groups is 1. The second-order valence-corrected chi connectivity index (χ2v) is 4.79. The molecule has 116 valence electrons. The van der Waals surface area contributed by atoms with Crippen LogP contribution in [0.1, 0.15) is 5.56 Å². The SMILES string of the molecule is COC(=O)Oc1cccc(OC)c1COc1ccc(S)cc1. The number of ether oxygens (including phenoxy) is 4. The van der Waals surface area contributed by atoms with E-state index in [9.17, 15) is 4.79 Å². The normalized spacial score (nSPS) is 9.95. The number of methoxy groups -OCH3 is 2. The lowest BCUT2D eigenvalue weighted by Gasteiger charge is -2.14. The smallest absolute Gasteiger partial charge is 0.496 e. The number of benzene rings is 2. The van der Waals surface area contributed by atoms with E-state index >= 15 is 0 Å². The van der Waals surface area contributed by atoms with Crippen molar-refractivity contribution in [1.29, 1.82) is 0 Å². The molecule has 0 amide bonds. The van der Waals surface area contributed by atoms with E-state index in [1.807, 2.05) is 12.1 Å². The lowest BCUT2D eigenvalue weighted by molar-refractivity contribution is 0.120. The molecular weight excluding hydrogens is 304 g/mol. The monoisotopic (exact) mass is 320 g/mol. The molecule has 2 aromatic rings. The zero-order valence-corrected chi connectivity index (χ0v) is 13.1. The Morgan fingerprint density at radius 3 is 2.36 bits per heavy atom. The van der Waals surface area contributed by atoms with Crippen molar-refractivity contribution in [2.24, 2.45) is 0 Å². The van der Waals surface area contributed by atoms with Crippen LogP contribution >= 0.6 is 12.6 Å². The molecule has 2 aromatic carbocycles. The Hall–Kier alpha value is -2.34. The number of hydrogen-bond donors (Lipinski definition) is 1. The van der Waals surface area contributed by atoms with Gasteiger partial charge in [-0.25, -0.2) is 4.79 Å². The van der Waals surface area contributed by atoms with E-state index in [2.05, 4.69) is 17.4 Å². The highest BCUT2D eigenvalue weighted by molar-refractivity contribution is 7.80. The minimum Gasteiger partial charge on any atom is -0.496 e. The Labute approximate surface area is 134 Å². The molecule has 0 aliphatic rings. The van der Waals surface area contributed by atoms with E-state index in [4.69, 9.17) is 14.2 Å². The standard InChI is InChI=1S/C16H16O5S/c1-18-14-4-3-5-15(21-16(17)19-2)13(14)10-20-11-6-8-12(22)9-7-11/h3-9,22H,10H2,1-2H3. The van der Waals surface area contributed by atoms with Gasteiger partial charge in [-0.1, -0.05) is 6.07 Å². The maximum atomic E-state index is 11.3. The van der Waals surface area contributed by atoms with E-state index < -0.39 is 6.16 Å². The molecule has 5 nitrogen and oxygen atoms in total. The van der Waals surface area contributed by atoms with Crippen LogP contribution in [-0.2, 0) is 11.3 Å². The summed E-state index contributed by atoms with van der Waals surface area (Å²) in [7, 11) is 2.79. The first kappa shape index (κ1) is 16.0. The lowest BCUT2D eigenvalue weighted by Crippen LogP contribution is -2.10. The average Bonchev–Trinajstić information content (AvgIpc) is 2.54. The van der Waals surface area contributed by atoms with Crippen molar-refractivity contribution in [2.45, 2.75) is 11.5 Å². The summed E-state index contributed by atoms with van der Waals surface area (Å²) in [6.45, 7) is 0.183. The maximum Gasteiger partial charge on any atom is 0.513 e. The molecule has 0 aliphatic heterocycles. The largest absolute Gasteiger partial charge is 0.513 e. The molecule has 0 fully saturated rings. The van der Waals surface area contributed by atoms with Crippen molar-refractivity contribution in [2.75, 3.05) is 14.2 Å². The van der Waals surface area contributed by atoms with Crippen LogP contribution < -0.4 is 14.2 Å². The summed E-state index contributed by atoms with van der Waals surface area (Å²) >= 11 is 4.22. The summed E-state index contributed by atoms with van der Waals surface area (Å²) in [5.74, 6) is 1.57. The second kappa shape index (κ2) is 7.61. The van der Waals surface area contributed by atoms with Gasteiger partial charge in [0.25, 0.3) is 0 Å². The molecule has 0 bridgehead atoms. The van der Waals surface area contributed by atoms with Crippen molar-refractivity contribution >= 4 is 18.8 Å². The van der Waals surface area contributed by atoms with Crippen molar-refractivity contribution in [3.63, 3.8) is 0 Å². The minimum absolute atomic E-state index is 0.183. The fraction of sp³-hybridized carbons (Fsp3) is 0.188. The van der Waals surface area contributed by atoms with Gasteiger partial charge in [0.15, 0.2) is 0 Å². The molecule has 0 spiro atoms. The minimum atomic E-state index is -0.797. The Morgan fingerprint density at radius 1 is 1.05 bits per heavy atom. The third kappa shape index (κ3) is 4.08. The average molecular weight is 320 g/mol. The highest BCUT2D eigenvalue weighted by atomic mass is 32.1. The molecule has 0 saturated heterocycles. The third-order valence-electron chi connectivity index (χ3n) is 2.89. The van der Waals surface area contributed by atoms with Gasteiger partial charge in [-0.15, -0.1) is 12.6 Å². The summed E-state index contributed by atoms with van der Waals surface area (Å²) < 4.78 is 20.6. The summed E-state index contributed by atoms with van der Waals surface area (Å²) in [6.07, 6.45) is -0.797. The fourth-order valence-corrected chi connectivity index (χ4v) is 1.95. The van der Waals surface area contributed by atoms with Crippen LogP contribution in [-0.4, -0.2) is 20.4 Å². The summed E-state index contributed by atoms with van der Waals surface area (Å²) in [6, 6.07) is 12.4. The van der Waals surface area contributed by atoms with Gasteiger partial charge < -0.3 is 18.9 Å². The van der Waals surface area contributed by atoms with Crippen LogP contribution in [0.25, 0.3) is 0 Å². The van der Waals surface area contributed by atoms with E-state index in [1.165, 1.54) is 14.2 Å². The zero-order chi connectivity index (χ0) is 15.9. The van der Waals surface area contributed by atoms with Gasteiger partial charge in [-0.3, -0.25) is 0 Å². The van der Waals surface area contributed by atoms with Gasteiger partial charge in [0, 0.05) is 4.90 Å². The molecule has 22 heavy (non-hydrogen) atoms. The van der Waals surface area contributed by atoms with E-state index in [-0.39, 0.29) is 6.61 Å². The molecule has 0 saturated carbocycles. The van der Waals surface area contributed by atoms with E-state index in [0.29, 0.717) is 22.8 Å². The van der Waals surface area contributed by atoms with Crippen molar-refractivity contribution in [3.8, 4) is 17.2 Å². The van der Waals surface area contributed by atoms with Gasteiger partial charge in [0.2, 0.25) is 0 Å². The molecule has 0 aromatic heterocycles. The number of thiol groups is 1. The predicted octanol–water partition coefficient (Wildman–Crippen LogP) is 3.71.